The normalized spacial score (nSPS) is 36.4. The summed E-state index contributed by atoms with van der Waals surface area (Å²) in [5.41, 5.74) is 0.485. The molecule has 1 heterocycles. The summed E-state index contributed by atoms with van der Waals surface area (Å²) >= 11 is 4.49. The first-order chi connectivity index (χ1) is 9.00. The predicted molar refractivity (Wildman–Crippen MR) is 90.5 cm³/mol. The fourth-order valence-corrected chi connectivity index (χ4v) is 7.20. The Kier molecular flexibility index (Phi) is 5.61. The van der Waals surface area contributed by atoms with E-state index >= 15 is 0 Å². The molecule has 2 heteroatoms. The van der Waals surface area contributed by atoms with Gasteiger partial charge in [0.05, 0.1) is 4.58 Å². The summed E-state index contributed by atoms with van der Waals surface area (Å²) in [5.74, 6) is 11.7. The van der Waals surface area contributed by atoms with Gasteiger partial charge in [-0.15, -0.1) is 35.4 Å². The van der Waals surface area contributed by atoms with Crippen LogP contribution in [0.15, 0.2) is 0 Å². The lowest BCUT2D eigenvalue weighted by molar-refractivity contribution is 0.289. The Bertz CT molecular complexity index is 328. The molecule has 1 aliphatic carbocycles. The lowest BCUT2D eigenvalue weighted by Crippen LogP contribution is -2.32. The Balaban J connectivity index is 1.78. The van der Waals surface area contributed by atoms with Crippen molar-refractivity contribution >= 4 is 23.5 Å². The lowest BCUT2D eigenvalue weighted by atomic mass is 9.83. The zero-order valence-electron chi connectivity index (χ0n) is 12.9. The van der Waals surface area contributed by atoms with Crippen LogP contribution in [-0.4, -0.2) is 16.1 Å². The molecule has 0 radical (unpaired) electrons. The third kappa shape index (κ3) is 4.36. The van der Waals surface area contributed by atoms with Crippen LogP contribution in [0.4, 0.5) is 0 Å². The van der Waals surface area contributed by atoms with Gasteiger partial charge in [0, 0.05) is 5.92 Å². The van der Waals surface area contributed by atoms with Crippen molar-refractivity contribution in [1.82, 2.24) is 0 Å². The standard InChI is InChI=1S/C17H28S2/c1-5-6-13-7-9-14(10-8-13)16-18-11-15(12-19-16)17(2,3)4/h13-16H,7-12H2,1-4H3. The first-order valence-corrected chi connectivity index (χ1v) is 9.76. The molecule has 0 nitrogen and oxygen atoms in total. The highest BCUT2D eigenvalue weighted by Gasteiger charge is 2.35. The molecule has 0 aromatic carbocycles. The van der Waals surface area contributed by atoms with E-state index in [4.69, 9.17) is 0 Å². The van der Waals surface area contributed by atoms with Crippen molar-refractivity contribution in [3.05, 3.63) is 0 Å². The van der Waals surface area contributed by atoms with E-state index in [1.54, 1.807) is 0 Å². The van der Waals surface area contributed by atoms with Crippen LogP contribution in [0.5, 0.6) is 0 Å². The van der Waals surface area contributed by atoms with E-state index < -0.39 is 0 Å². The van der Waals surface area contributed by atoms with Gasteiger partial charge in [-0.3, -0.25) is 0 Å². The summed E-state index contributed by atoms with van der Waals surface area (Å²) in [5, 5.41) is 0. The second kappa shape index (κ2) is 6.81. The first-order valence-electron chi connectivity index (χ1n) is 7.66. The van der Waals surface area contributed by atoms with Crippen LogP contribution in [-0.2, 0) is 0 Å². The van der Waals surface area contributed by atoms with Gasteiger partial charge in [-0.1, -0.05) is 20.8 Å². The highest BCUT2D eigenvalue weighted by Crippen LogP contribution is 2.47. The molecule has 2 aliphatic rings. The molecular formula is C17H28S2. The molecule has 1 aliphatic heterocycles. The van der Waals surface area contributed by atoms with Gasteiger partial charge in [-0.05, 0) is 61.4 Å². The minimum absolute atomic E-state index is 0.485. The van der Waals surface area contributed by atoms with Crippen molar-refractivity contribution in [2.24, 2.45) is 23.2 Å². The molecule has 2 rings (SSSR count). The third-order valence-electron chi connectivity index (χ3n) is 4.65. The molecule has 19 heavy (non-hydrogen) atoms. The Morgan fingerprint density at radius 1 is 0.947 bits per heavy atom. The van der Waals surface area contributed by atoms with Crippen LogP contribution in [0.25, 0.3) is 0 Å². The average molecular weight is 297 g/mol. The van der Waals surface area contributed by atoms with Gasteiger partial charge in [0.25, 0.3) is 0 Å². The van der Waals surface area contributed by atoms with Crippen LogP contribution in [0.3, 0.4) is 0 Å². The molecule has 108 valence electrons. The van der Waals surface area contributed by atoms with Gasteiger partial charge in [0.15, 0.2) is 0 Å². The van der Waals surface area contributed by atoms with Crippen molar-refractivity contribution < 1.29 is 0 Å². The van der Waals surface area contributed by atoms with Gasteiger partial charge in [-0.25, -0.2) is 0 Å². The Morgan fingerprint density at radius 3 is 2.00 bits per heavy atom. The highest BCUT2D eigenvalue weighted by molar-refractivity contribution is 8.17. The molecule has 0 bridgehead atoms. The molecule has 0 unspecified atom stereocenters. The van der Waals surface area contributed by atoms with Crippen LogP contribution in [0.1, 0.15) is 53.4 Å². The molecule has 0 N–H and O–H groups in total. The van der Waals surface area contributed by atoms with E-state index in [1.807, 2.05) is 6.92 Å². The van der Waals surface area contributed by atoms with E-state index in [1.165, 1.54) is 37.2 Å². The second-order valence-corrected chi connectivity index (χ2v) is 9.75. The van der Waals surface area contributed by atoms with E-state index in [0.29, 0.717) is 11.3 Å². The van der Waals surface area contributed by atoms with E-state index in [0.717, 1.165) is 16.4 Å². The maximum absolute atomic E-state index is 3.37. The second-order valence-electron chi connectivity index (χ2n) is 7.10. The molecular weight excluding hydrogens is 268 g/mol. The molecule has 0 atom stereocenters. The molecule has 0 spiro atoms. The van der Waals surface area contributed by atoms with E-state index in [-0.39, 0.29) is 0 Å². The van der Waals surface area contributed by atoms with Crippen molar-refractivity contribution in [3.63, 3.8) is 0 Å². The number of hydrogen-bond donors (Lipinski definition) is 0. The third-order valence-corrected chi connectivity index (χ3v) is 8.09. The van der Waals surface area contributed by atoms with Gasteiger partial charge < -0.3 is 0 Å². The minimum Gasteiger partial charge on any atom is -0.147 e. The molecule has 0 amide bonds. The maximum Gasteiger partial charge on any atom is 0.0530 e. The van der Waals surface area contributed by atoms with Gasteiger partial charge >= 0.3 is 0 Å². The van der Waals surface area contributed by atoms with Crippen LogP contribution < -0.4 is 0 Å². The largest absolute Gasteiger partial charge is 0.147 e. The smallest absolute Gasteiger partial charge is 0.0530 e. The molecule has 0 aromatic heterocycles. The fraction of sp³-hybridized carbons (Fsp3) is 0.882. The molecule has 1 saturated heterocycles. The van der Waals surface area contributed by atoms with Gasteiger partial charge in [0.2, 0.25) is 0 Å². The van der Waals surface area contributed by atoms with Crippen molar-refractivity contribution in [1.29, 1.82) is 0 Å². The minimum atomic E-state index is 0.485. The van der Waals surface area contributed by atoms with Crippen LogP contribution in [0.2, 0.25) is 0 Å². The van der Waals surface area contributed by atoms with Crippen molar-refractivity contribution in [3.8, 4) is 11.8 Å². The topological polar surface area (TPSA) is 0 Å². The molecule has 2 fully saturated rings. The monoisotopic (exact) mass is 296 g/mol. The average Bonchev–Trinajstić information content (AvgIpc) is 2.39. The highest BCUT2D eigenvalue weighted by atomic mass is 32.2. The summed E-state index contributed by atoms with van der Waals surface area (Å²) in [4.78, 5) is 0. The molecule has 0 aromatic rings. The predicted octanol–water partition coefficient (Wildman–Crippen LogP) is 5.28. The summed E-state index contributed by atoms with van der Waals surface area (Å²) in [6.07, 6.45) is 5.49. The summed E-state index contributed by atoms with van der Waals surface area (Å²) in [6.45, 7) is 9.17. The number of rotatable bonds is 1. The summed E-state index contributed by atoms with van der Waals surface area (Å²) < 4.78 is 0.870. The number of thioether (sulfide) groups is 2. The Morgan fingerprint density at radius 2 is 1.53 bits per heavy atom. The van der Waals surface area contributed by atoms with Crippen LogP contribution >= 0.6 is 23.5 Å². The SMILES string of the molecule is CC#CC1CCC(C2SCC(C(C)(C)C)CS2)CC1. The fourth-order valence-electron chi connectivity index (χ4n) is 3.03. The Labute approximate surface area is 128 Å². The maximum atomic E-state index is 3.37. The lowest BCUT2D eigenvalue weighted by Gasteiger charge is -2.40. The zero-order valence-corrected chi connectivity index (χ0v) is 14.5. The number of hydrogen-bond acceptors (Lipinski definition) is 2. The zero-order chi connectivity index (χ0) is 13.9. The van der Waals surface area contributed by atoms with E-state index in [2.05, 4.69) is 56.1 Å². The van der Waals surface area contributed by atoms with E-state index in [9.17, 15) is 0 Å². The van der Waals surface area contributed by atoms with Crippen molar-refractivity contribution in [2.75, 3.05) is 11.5 Å². The van der Waals surface area contributed by atoms with Gasteiger partial charge in [-0.2, -0.15) is 0 Å². The molecule has 1 saturated carbocycles. The Hall–Kier alpha value is 0.260. The van der Waals surface area contributed by atoms with Crippen molar-refractivity contribution in [2.45, 2.75) is 58.0 Å². The quantitative estimate of drug-likeness (QED) is 0.603. The summed E-state index contributed by atoms with van der Waals surface area (Å²) in [7, 11) is 0. The van der Waals surface area contributed by atoms with Gasteiger partial charge in [0.1, 0.15) is 0 Å². The first kappa shape index (κ1) is 15.6. The summed E-state index contributed by atoms with van der Waals surface area (Å²) in [6, 6.07) is 0. The van der Waals surface area contributed by atoms with Crippen LogP contribution in [0, 0.1) is 35.0 Å².